The summed E-state index contributed by atoms with van der Waals surface area (Å²) in [5.41, 5.74) is -0.768. The fourth-order valence-electron chi connectivity index (χ4n) is 6.09. The normalized spacial score (nSPS) is 25.1. The van der Waals surface area contributed by atoms with Crippen LogP contribution in [0.25, 0.3) is 0 Å². The molecule has 192 valence electrons. The largest absolute Gasteiger partial charge is 0.481 e. The van der Waals surface area contributed by atoms with Crippen LogP contribution in [0.2, 0.25) is 0 Å². The molecule has 5 unspecified atom stereocenters. The smallest absolute Gasteiger partial charge is 0.309 e. The quantitative estimate of drug-likeness (QED) is 0.164. The third-order valence-electron chi connectivity index (χ3n) is 8.32. The number of unbranched alkanes of at least 4 members (excludes halogenated alkanes) is 4. The summed E-state index contributed by atoms with van der Waals surface area (Å²) in [5.74, 6) is -0.297. The highest BCUT2D eigenvalue weighted by molar-refractivity contribution is 5.70. The zero-order valence-electron chi connectivity index (χ0n) is 21.3. The van der Waals surface area contributed by atoms with Crippen LogP contribution in [0.4, 0.5) is 0 Å². The van der Waals surface area contributed by atoms with Gasteiger partial charge >= 0.3 is 5.97 Å². The lowest BCUT2D eigenvalue weighted by Gasteiger charge is -2.35. The van der Waals surface area contributed by atoms with Crippen molar-refractivity contribution in [1.82, 2.24) is 5.32 Å². The summed E-state index contributed by atoms with van der Waals surface area (Å²) in [6, 6.07) is 0. The van der Waals surface area contributed by atoms with Gasteiger partial charge in [-0.1, -0.05) is 70.4 Å². The molecule has 0 spiro atoms. The van der Waals surface area contributed by atoms with E-state index in [2.05, 4.69) is 24.4 Å². The van der Waals surface area contributed by atoms with Crippen LogP contribution in [-0.2, 0) is 4.79 Å². The lowest BCUT2D eigenvalue weighted by Crippen LogP contribution is -2.44. The first-order chi connectivity index (χ1) is 15.9. The molecule has 0 bridgehead atoms. The second kappa shape index (κ2) is 15.2. The van der Waals surface area contributed by atoms with Crippen molar-refractivity contribution in [2.24, 2.45) is 23.7 Å². The summed E-state index contributed by atoms with van der Waals surface area (Å²) < 4.78 is 0. The van der Waals surface area contributed by atoms with Crippen molar-refractivity contribution in [3.05, 3.63) is 12.2 Å². The molecule has 0 radical (unpaired) electrons. The highest BCUT2D eigenvalue weighted by Crippen LogP contribution is 2.39. The molecule has 1 saturated carbocycles. The third kappa shape index (κ3) is 9.70. The Hall–Kier alpha value is -0.910. The van der Waals surface area contributed by atoms with E-state index in [-0.39, 0.29) is 5.92 Å². The van der Waals surface area contributed by atoms with Gasteiger partial charge in [-0.05, 0) is 70.3 Å². The SMILES string of the molecule is CCCCCC1C=CC(CCCCCC(C(=O)O)C(O)CC(CNC)C2(O)CCCC2)CC1. The fourth-order valence-corrected chi connectivity index (χ4v) is 6.09. The Balaban J connectivity index is 1.70. The predicted octanol–water partition coefficient (Wildman–Crippen LogP) is 5.69. The van der Waals surface area contributed by atoms with Gasteiger partial charge in [-0.2, -0.15) is 0 Å². The number of carbonyl (C=O) groups is 1. The monoisotopic (exact) mass is 465 g/mol. The van der Waals surface area contributed by atoms with E-state index in [9.17, 15) is 20.1 Å². The van der Waals surface area contributed by atoms with Crippen LogP contribution in [0, 0.1) is 23.7 Å². The van der Waals surface area contributed by atoms with Crippen molar-refractivity contribution in [3.63, 3.8) is 0 Å². The number of hydrogen-bond donors (Lipinski definition) is 4. The van der Waals surface area contributed by atoms with Crippen molar-refractivity contribution in [2.75, 3.05) is 13.6 Å². The number of rotatable bonds is 17. The molecule has 5 heteroatoms. The summed E-state index contributed by atoms with van der Waals surface area (Å²) in [6.45, 7) is 2.86. The molecule has 4 N–H and O–H groups in total. The van der Waals surface area contributed by atoms with E-state index >= 15 is 0 Å². The van der Waals surface area contributed by atoms with Crippen LogP contribution in [0.1, 0.15) is 110 Å². The Morgan fingerprint density at radius 2 is 1.64 bits per heavy atom. The topological polar surface area (TPSA) is 89.8 Å². The van der Waals surface area contributed by atoms with Gasteiger partial charge in [-0.25, -0.2) is 0 Å². The van der Waals surface area contributed by atoms with Crippen LogP contribution < -0.4 is 5.32 Å². The minimum Gasteiger partial charge on any atom is -0.481 e. The molecule has 5 nitrogen and oxygen atoms in total. The second-order valence-corrected chi connectivity index (χ2v) is 10.9. The Morgan fingerprint density at radius 3 is 2.15 bits per heavy atom. The maximum Gasteiger partial charge on any atom is 0.309 e. The predicted molar refractivity (Wildman–Crippen MR) is 135 cm³/mol. The number of aliphatic hydroxyl groups is 2. The van der Waals surface area contributed by atoms with Gasteiger partial charge in [-0.3, -0.25) is 4.79 Å². The van der Waals surface area contributed by atoms with Crippen molar-refractivity contribution in [2.45, 2.75) is 121 Å². The van der Waals surface area contributed by atoms with Gasteiger partial charge in [0.15, 0.2) is 0 Å². The van der Waals surface area contributed by atoms with Crippen LogP contribution in [-0.4, -0.2) is 46.6 Å². The zero-order valence-corrected chi connectivity index (χ0v) is 21.3. The average molecular weight is 466 g/mol. The molecule has 0 aromatic carbocycles. The first-order valence-corrected chi connectivity index (χ1v) is 13.9. The Morgan fingerprint density at radius 1 is 1.03 bits per heavy atom. The number of carboxylic acid groups (broad SMARTS) is 1. The van der Waals surface area contributed by atoms with Crippen LogP contribution in [0.3, 0.4) is 0 Å². The number of hydrogen-bond acceptors (Lipinski definition) is 4. The second-order valence-electron chi connectivity index (χ2n) is 10.9. The van der Waals surface area contributed by atoms with Crippen molar-refractivity contribution in [1.29, 1.82) is 0 Å². The first kappa shape index (κ1) is 28.3. The molecule has 1 fully saturated rings. The Bertz CT molecular complexity index is 572. The summed E-state index contributed by atoms with van der Waals surface area (Å²) in [5, 5.41) is 34.6. The van der Waals surface area contributed by atoms with E-state index in [4.69, 9.17) is 0 Å². The van der Waals surface area contributed by atoms with E-state index in [0.717, 1.165) is 50.9 Å². The van der Waals surface area contributed by atoms with Gasteiger partial charge in [0.1, 0.15) is 0 Å². The third-order valence-corrected chi connectivity index (χ3v) is 8.32. The minimum atomic E-state index is -0.909. The molecular formula is C28H51NO4. The fraction of sp³-hybridized carbons (Fsp3) is 0.893. The number of carboxylic acids is 1. The van der Waals surface area contributed by atoms with Gasteiger partial charge in [0.05, 0.1) is 17.6 Å². The van der Waals surface area contributed by atoms with Gasteiger partial charge in [0.2, 0.25) is 0 Å². The number of aliphatic carboxylic acids is 1. The molecule has 5 atom stereocenters. The first-order valence-electron chi connectivity index (χ1n) is 13.9. The maximum atomic E-state index is 11.9. The molecule has 2 aliphatic carbocycles. The van der Waals surface area contributed by atoms with Crippen molar-refractivity contribution < 1.29 is 20.1 Å². The number of allylic oxidation sites excluding steroid dienone is 2. The number of nitrogens with one attached hydrogen (secondary N) is 1. The molecule has 0 aromatic rings. The standard InChI is InChI=1S/C28H51NO4/c1-3-4-6-11-22-14-16-23(17-15-22)12-7-5-8-13-25(27(31)32)26(30)20-24(21-29-2)28(33)18-9-10-19-28/h14,16,22-26,29-30,33H,3-13,15,17-21H2,1-2H3,(H,31,32). The minimum absolute atomic E-state index is 0.106. The average Bonchev–Trinajstić information content (AvgIpc) is 3.24. The lowest BCUT2D eigenvalue weighted by molar-refractivity contribution is -0.147. The highest BCUT2D eigenvalue weighted by atomic mass is 16.4. The van der Waals surface area contributed by atoms with Gasteiger partial charge in [0.25, 0.3) is 0 Å². The molecule has 33 heavy (non-hydrogen) atoms. The van der Waals surface area contributed by atoms with Crippen LogP contribution in [0.15, 0.2) is 12.2 Å². The van der Waals surface area contributed by atoms with E-state index < -0.39 is 23.6 Å². The molecule has 0 saturated heterocycles. The molecule has 0 heterocycles. The van der Waals surface area contributed by atoms with E-state index in [1.807, 2.05) is 7.05 Å². The van der Waals surface area contributed by atoms with Crippen molar-refractivity contribution in [3.8, 4) is 0 Å². The summed E-state index contributed by atoms with van der Waals surface area (Å²) in [4.78, 5) is 11.9. The summed E-state index contributed by atoms with van der Waals surface area (Å²) in [7, 11) is 1.85. The molecule has 0 aromatic heterocycles. The zero-order chi connectivity index (χ0) is 24.1. The highest BCUT2D eigenvalue weighted by Gasteiger charge is 2.41. The van der Waals surface area contributed by atoms with Crippen molar-refractivity contribution >= 4 is 5.97 Å². The van der Waals surface area contributed by atoms with Crippen LogP contribution >= 0.6 is 0 Å². The maximum absolute atomic E-state index is 11.9. The Labute approximate surface area is 202 Å². The van der Waals surface area contributed by atoms with E-state index in [1.165, 1.54) is 44.9 Å². The molecule has 0 amide bonds. The number of aliphatic hydroxyl groups excluding tert-OH is 1. The van der Waals surface area contributed by atoms with E-state index in [0.29, 0.717) is 25.3 Å². The molecule has 0 aliphatic heterocycles. The van der Waals surface area contributed by atoms with Gasteiger partial charge in [0, 0.05) is 12.5 Å². The van der Waals surface area contributed by atoms with E-state index in [1.54, 1.807) is 0 Å². The summed E-state index contributed by atoms with van der Waals surface area (Å²) >= 11 is 0. The van der Waals surface area contributed by atoms with Gasteiger partial charge in [-0.15, -0.1) is 0 Å². The molecule has 2 rings (SSSR count). The summed E-state index contributed by atoms with van der Waals surface area (Å²) in [6.07, 6.45) is 20.4. The van der Waals surface area contributed by atoms with Crippen LogP contribution in [0.5, 0.6) is 0 Å². The molecular weight excluding hydrogens is 414 g/mol. The Kier molecular flexibility index (Phi) is 13.0. The lowest BCUT2D eigenvalue weighted by atomic mass is 9.79. The van der Waals surface area contributed by atoms with Gasteiger partial charge < -0.3 is 20.6 Å². The molecule has 2 aliphatic rings.